The van der Waals surface area contributed by atoms with Gasteiger partial charge in [0.05, 0.1) is 7.11 Å². The second-order valence-electron chi connectivity index (χ2n) is 4.64. The van der Waals surface area contributed by atoms with Gasteiger partial charge in [0.2, 0.25) is 0 Å². The molecular formula is C17H20N2O2. The first kappa shape index (κ1) is 14.9. The first-order chi connectivity index (χ1) is 10.2. The molecule has 0 aliphatic carbocycles. The second kappa shape index (κ2) is 7.33. The van der Waals surface area contributed by atoms with E-state index in [2.05, 4.69) is 10.6 Å². The molecule has 0 spiro atoms. The van der Waals surface area contributed by atoms with Crippen molar-refractivity contribution >= 4 is 11.6 Å². The van der Waals surface area contributed by atoms with Gasteiger partial charge in [0.15, 0.2) is 0 Å². The van der Waals surface area contributed by atoms with Crippen LogP contribution in [0.15, 0.2) is 48.5 Å². The van der Waals surface area contributed by atoms with Crippen molar-refractivity contribution < 1.29 is 9.53 Å². The van der Waals surface area contributed by atoms with Gasteiger partial charge < -0.3 is 15.4 Å². The second-order valence-corrected chi connectivity index (χ2v) is 4.64. The third-order valence-corrected chi connectivity index (χ3v) is 3.14. The summed E-state index contributed by atoms with van der Waals surface area (Å²) >= 11 is 0. The van der Waals surface area contributed by atoms with Crippen LogP contribution in [0.1, 0.15) is 22.8 Å². The number of ether oxygens (including phenoxy) is 1. The van der Waals surface area contributed by atoms with Crippen LogP contribution in [0.25, 0.3) is 0 Å². The van der Waals surface area contributed by atoms with E-state index in [0.29, 0.717) is 12.1 Å². The number of rotatable bonds is 6. The van der Waals surface area contributed by atoms with E-state index in [1.165, 1.54) is 5.56 Å². The van der Waals surface area contributed by atoms with Gasteiger partial charge >= 0.3 is 0 Å². The molecule has 0 fully saturated rings. The van der Waals surface area contributed by atoms with Crippen molar-refractivity contribution in [3.05, 3.63) is 59.7 Å². The molecule has 21 heavy (non-hydrogen) atoms. The minimum Gasteiger partial charge on any atom is -0.497 e. The predicted molar refractivity (Wildman–Crippen MR) is 84.8 cm³/mol. The van der Waals surface area contributed by atoms with Crippen molar-refractivity contribution in [1.82, 2.24) is 5.32 Å². The molecule has 4 nitrogen and oxygen atoms in total. The summed E-state index contributed by atoms with van der Waals surface area (Å²) in [6.07, 6.45) is 0. The fourth-order valence-corrected chi connectivity index (χ4v) is 1.95. The van der Waals surface area contributed by atoms with Gasteiger partial charge in [-0.3, -0.25) is 4.79 Å². The fourth-order valence-electron chi connectivity index (χ4n) is 1.95. The summed E-state index contributed by atoms with van der Waals surface area (Å²) in [6, 6.07) is 15.4. The maximum atomic E-state index is 11.7. The highest BCUT2D eigenvalue weighted by Crippen LogP contribution is 2.14. The molecule has 110 valence electrons. The van der Waals surface area contributed by atoms with Crippen molar-refractivity contribution in [2.24, 2.45) is 0 Å². The van der Waals surface area contributed by atoms with Crippen molar-refractivity contribution in [3.8, 4) is 5.75 Å². The third-order valence-electron chi connectivity index (χ3n) is 3.14. The summed E-state index contributed by atoms with van der Waals surface area (Å²) in [5.41, 5.74) is 2.83. The molecule has 2 rings (SSSR count). The van der Waals surface area contributed by atoms with E-state index >= 15 is 0 Å². The number of anilines is 1. The summed E-state index contributed by atoms with van der Waals surface area (Å²) < 4.78 is 5.13. The fraction of sp³-hybridized carbons (Fsp3) is 0.235. The largest absolute Gasteiger partial charge is 0.497 e. The van der Waals surface area contributed by atoms with Crippen molar-refractivity contribution in [2.45, 2.75) is 13.5 Å². The molecule has 2 N–H and O–H groups in total. The van der Waals surface area contributed by atoms with Crippen LogP contribution in [0, 0.1) is 0 Å². The summed E-state index contributed by atoms with van der Waals surface area (Å²) in [4.78, 5) is 11.7. The number of benzene rings is 2. The standard InChI is InChI=1S/C17H20N2O2/c1-3-18-17(20)14-6-8-15(9-7-14)19-12-13-4-10-16(21-2)11-5-13/h4-11,19H,3,12H2,1-2H3,(H,18,20). The average Bonchev–Trinajstić information content (AvgIpc) is 2.54. The lowest BCUT2D eigenvalue weighted by Crippen LogP contribution is -2.22. The molecular weight excluding hydrogens is 264 g/mol. The average molecular weight is 284 g/mol. The van der Waals surface area contributed by atoms with Crippen LogP contribution in [-0.2, 0) is 6.54 Å². The van der Waals surface area contributed by atoms with E-state index in [1.54, 1.807) is 7.11 Å². The summed E-state index contributed by atoms with van der Waals surface area (Å²) in [5.74, 6) is 0.809. The van der Waals surface area contributed by atoms with Gasteiger partial charge in [0, 0.05) is 24.3 Å². The monoisotopic (exact) mass is 284 g/mol. The summed E-state index contributed by atoms with van der Waals surface area (Å²) in [7, 11) is 1.66. The molecule has 0 saturated carbocycles. The minimum absolute atomic E-state index is 0.0424. The van der Waals surface area contributed by atoms with Gasteiger partial charge in [-0.15, -0.1) is 0 Å². The van der Waals surface area contributed by atoms with E-state index < -0.39 is 0 Å². The summed E-state index contributed by atoms with van der Waals surface area (Å²) in [5, 5.41) is 6.10. The number of hydrogen-bond acceptors (Lipinski definition) is 3. The van der Waals surface area contributed by atoms with Crippen molar-refractivity contribution in [2.75, 3.05) is 19.0 Å². The smallest absolute Gasteiger partial charge is 0.251 e. The van der Waals surface area contributed by atoms with Gasteiger partial charge in [-0.25, -0.2) is 0 Å². The molecule has 0 radical (unpaired) electrons. The van der Waals surface area contributed by atoms with Gasteiger partial charge in [-0.05, 0) is 48.9 Å². The first-order valence-electron chi connectivity index (χ1n) is 6.98. The van der Waals surface area contributed by atoms with E-state index in [0.717, 1.165) is 18.0 Å². The SMILES string of the molecule is CCNC(=O)c1ccc(NCc2ccc(OC)cc2)cc1. The number of nitrogens with one attached hydrogen (secondary N) is 2. The van der Waals surface area contributed by atoms with Crippen LogP contribution in [0.3, 0.4) is 0 Å². The molecule has 2 aromatic rings. The lowest BCUT2D eigenvalue weighted by atomic mass is 10.1. The Balaban J connectivity index is 1.92. The maximum absolute atomic E-state index is 11.7. The minimum atomic E-state index is -0.0424. The zero-order valence-electron chi connectivity index (χ0n) is 12.3. The zero-order chi connectivity index (χ0) is 15.1. The Hall–Kier alpha value is -2.49. The van der Waals surface area contributed by atoms with Crippen LogP contribution < -0.4 is 15.4 Å². The highest BCUT2D eigenvalue weighted by Gasteiger charge is 2.03. The molecule has 0 aliphatic rings. The van der Waals surface area contributed by atoms with Gasteiger partial charge in [-0.2, -0.15) is 0 Å². The Morgan fingerprint density at radius 3 is 2.29 bits per heavy atom. The lowest BCUT2D eigenvalue weighted by molar-refractivity contribution is 0.0956. The van der Waals surface area contributed by atoms with Gasteiger partial charge in [-0.1, -0.05) is 12.1 Å². The Labute approximate surface area is 125 Å². The highest BCUT2D eigenvalue weighted by molar-refractivity contribution is 5.94. The summed E-state index contributed by atoms with van der Waals surface area (Å²) in [6.45, 7) is 3.27. The quantitative estimate of drug-likeness (QED) is 0.857. The zero-order valence-corrected chi connectivity index (χ0v) is 12.3. The molecule has 0 atom stereocenters. The number of methoxy groups -OCH3 is 1. The molecule has 0 unspecified atom stereocenters. The van der Waals surface area contributed by atoms with E-state index in [4.69, 9.17) is 4.74 Å². The number of amides is 1. The van der Waals surface area contributed by atoms with E-state index in [1.807, 2.05) is 55.5 Å². The van der Waals surface area contributed by atoms with Crippen LogP contribution >= 0.6 is 0 Å². The Bertz CT molecular complexity index is 577. The lowest BCUT2D eigenvalue weighted by Gasteiger charge is -2.08. The topological polar surface area (TPSA) is 50.4 Å². The number of carbonyl (C=O) groups is 1. The van der Waals surface area contributed by atoms with Gasteiger partial charge in [0.25, 0.3) is 5.91 Å². The van der Waals surface area contributed by atoms with Crippen LogP contribution in [-0.4, -0.2) is 19.6 Å². The normalized spacial score (nSPS) is 10.0. The Kier molecular flexibility index (Phi) is 5.21. The number of hydrogen-bond donors (Lipinski definition) is 2. The molecule has 1 amide bonds. The van der Waals surface area contributed by atoms with Crippen LogP contribution in [0.2, 0.25) is 0 Å². The predicted octanol–water partition coefficient (Wildman–Crippen LogP) is 3.06. The van der Waals surface area contributed by atoms with Crippen molar-refractivity contribution in [3.63, 3.8) is 0 Å². The van der Waals surface area contributed by atoms with Gasteiger partial charge in [0.1, 0.15) is 5.75 Å². The number of carbonyl (C=O) groups excluding carboxylic acids is 1. The first-order valence-corrected chi connectivity index (χ1v) is 6.98. The maximum Gasteiger partial charge on any atom is 0.251 e. The molecule has 0 aromatic heterocycles. The molecule has 4 heteroatoms. The van der Waals surface area contributed by atoms with Crippen molar-refractivity contribution in [1.29, 1.82) is 0 Å². The van der Waals surface area contributed by atoms with E-state index in [9.17, 15) is 4.79 Å². The Morgan fingerprint density at radius 1 is 1.05 bits per heavy atom. The molecule has 0 heterocycles. The molecule has 0 aliphatic heterocycles. The highest BCUT2D eigenvalue weighted by atomic mass is 16.5. The van der Waals surface area contributed by atoms with E-state index in [-0.39, 0.29) is 5.91 Å². The Morgan fingerprint density at radius 2 is 1.71 bits per heavy atom. The molecule has 2 aromatic carbocycles. The van der Waals surface area contributed by atoms with Crippen LogP contribution in [0.4, 0.5) is 5.69 Å². The third kappa shape index (κ3) is 4.24. The molecule has 0 bridgehead atoms. The molecule has 0 saturated heterocycles. The van der Waals surface area contributed by atoms with Crippen LogP contribution in [0.5, 0.6) is 5.75 Å².